The van der Waals surface area contributed by atoms with Crippen molar-refractivity contribution >= 4 is 11.8 Å². The Morgan fingerprint density at radius 2 is 2.10 bits per heavy atom. The first-order valence-electron chi connectivity index (χ1n) is 6.25. The molecule has 0 bridgehead atoms. The van der Waals surface area contributed by atoms with E-state index in [1.165, 1.54) is 18.2 Å². The summed E-state index contributed by atoms with van der Waals surface area (Å²) in [6, 6.07) is 9.17. The molecule has 0 heterocycles. The maximum atomic E-state index is 13.0. The van der Waals surface area contributed by atoms with Crippen LogP contribution in [0.2, 0.25) is 0 Å². The summed E-state index contributed by atoms with van der Waals surface area (Å²) in [5.41, 5.74) is 7.52. The summed E-state index contributed by atoms with van der Waals surface area (Å²) >= 11 is 0. The number of ether oxygens (including phenoxy) is 1. The van der Waals surface area contributed by atoms with E-state index in [1.807, 2.05) is 0 Å². The second kappa shape index (κ2) is 6.13. The van der Waals surface area contributed by atoms with E-state index in [2.05, 4.69) is 5.32 Å². The molecule has 110 valence electrons. The molecule has 2 aromatic carbocycles. The average molecular weight is 290 g/mol. The molecule has 2 aromatic rings. The average Bonchev–Trinajstić information content (AvgIpc) is 2.42. The highest BCUT2D eigenvalue weighted by molar-refractivity contribution is 5.65. The molecule has 0 saturated heterocycles. The topological polar surface area (TPSA) is 84.6 Å². The van der Waals surface area contributed by atoms with Gasteiger partial charge in [-0.3, -0.25) is 0 Å². The van der Waals surface area contributed by atoms with E-state index in [0.29, 0.717) is 28.3 Å². The van der Waals surface area contributed by atoms with Gasteiger partial charge < -0.3 is 20.9 Å². The third kappa shape index (κ3) is 3.85. The summed E-state index contributed by atoms with van der Waals surface area (Å²) in [6.07, 6.45) is -1.13. The quantitative estimate of drug-likeness (QED) is 0.754. The Morgan fingerprint density at radius 3 is 2.76 bits per heavy atom. The van der Waals surface area contributed by atoms with Gasteiger partial charge in [0.25, 0.3) is 0 Å². The van der Waals surface area contributed by atoms with E-state index in [-0.39, 0.29) is 12.4 Å². The number of nitrogens with two attached hydrogens (primary N) is 1. The molecular weight excluding hydrogens is 275 g/mol. The lowest BCUT2D eigenvalue weighted by molar-refractivity contribution is 0.194. The lowest BCUT2D eigenvalue weighted by Gasteiger charge is -2.11. The van der Waals surface area contributed by atoms with E-state index >= 15 is 0 Å². The lowest BCUT2D eigenvalue weighted by atomic mass is 10.1. The Morgan fingerprint density at radius 1 is 1.33 bits per heavy atom. The second-order valence-corrected chi connectivity index (χ2v) is 4.53. The lowest BCUT2D eigenvalue weighted by Crippen LogP contribution is -2.20. The van der Waals surface area contributed by atoms with Crippen LogP contribution in [-0.4, -0.2) is 11.2 Å². The largest absolute Gasteiger partial charge is 0.465 e. The number of anilines is 1. The predicted molar refractivity (Wildman–Crippen MR) is 76.9 cm³/mol. The summed E-state index contributed by atoms with van der Waals surface area (Å²) in [5.74, 6) is 0.697. The molecule has 21 heavy (non-hydrogen) atoms. The van der Waals surface area contributed by atoms with Gasteiger partial charge in [-0.05, 0) is 54.4 Å². The van der Waals surface area contributed by atoms with Crippen LogP contribution in [0.5, 0.6) is 11.5 Å². The Balaban J connectivity index is 2.20. The van der Waals surface area contributed by atoms with E-state index in [4.69, 9.17) is 15.6 Å². The Kier molecular flexibility index (Phi) is 4.27. The molecule has 0 radical (unpaired) electrons. The Hall–Kier alpha value is -2.76. The zero-order chi connectivity index (χ0) is 15.4. The molecule has 0 aromatic heterocycles. The molecule has 0 aliphatic carbocycles. The number of rotatable bonds is 4. The molecule has 0 aliphatic heterocycles. The smallest absolute Gasteiger partial charge is 0.404 e. The highest BCUT2D eigenvalue weighted by atomic mass is 19.1. The number of aryl methyl sites for hydroxylation is 1. The highest BCUT2D eigenvalue weighted by Gasteiger charge is 2.07. The van der Waals surface area contributed by atoms with Crippen molar-refractivity contribution in [2.75, 3.05) is 5.73 Å². The molecule has 6 heteroatoms. The number of halogens is 1. The van der Waals surface area contributed by atoms with Gasteiger partial charge in [0.15, 0.2) is 0 Å². The number of benzene rings is 2. The van der Waals surface area contributed by atoms with Gasteiger partial charge in [-0.15, -0.1) is 0 Å². The van der Waals surface area contributed by atoms with Gasteiger partial charge in [0.05, 0.1) is 0 Å². The van der Waals surface area contributed by atoms with Crippen LogP contribution >= 0.6 is 0 Å². The van der Waals surface area contributed by atoms with Crippen LogP contribution in [0.25, 0.3) is 0 Å². The molecule has 0 atom stereocenters. The van der Waals surface area contributed by atoms with E-state index in [9.17, 15) is 9.18 Å². The van der Waals surface area contributed by atoms with Crippen molar-refractivity contribution in [3.05, 3.63) is 53.3 Å². The van der Waals surface area contributed by atoms with E-state index < -0.39 is 6.09 Å². The first-order valence-corrected chi connectivity index (χ1v) is 6.25. The van der Waals surface area contributed by atoms with Crippen LogP contribution in [0.3, 0.4) is 0 Å². The third-order valence-electron chi connectivity index (χ3n) is 2.91. The predicted octanol–water partition coefficient (Wildman–Crippen LogP) is 3.28. The molecule has 0 aliphatic rings. The van der Waals surface area contributed by atoms with Gasteiger partial charge in [-0.25, -0.2) is 9.18 Å². The number of hydrogen-bond acceptors (Lipinski definition) is 3. The maximum absolute atomic E-state index is 13.0. The molecule has 0 saturated carbocycles. The second-order valence-electron chi connectivity index (χ2n) is 4.53. The SMILES string of the molecule is Cc1cc(F)ccc1Oc1ccc(N)c(CNC(=O)O)c1. The van der Waals surface area contributed by atoms with Gasteiger partial charge in [0.1, 0.15) is 17.3 Å². The normalized spacial score (nSPS) is 10.2. The highest BCUT2D eigenvalue weighted by Crippen LogP contribution is 2.28. The van der Waals surface area contributed by atoms with Crippen LogP contribution in [0.4, 0.5) is 14.9 Å². The number of nitrogen functional groups attached to an aromatic ring is 1. The minimum absolute atomic E-state index is 0.0841. The molecule has 0 spiro atoms. The zero-order valence-electron chi connectivity index (χ0n) is 11.4. The number of amides is 1. The zero-order valence-corrected chi connectivity index (χ0v) is 11.4. The van der Waals surface area contributed by atoms with Crippen LogP contribution in [-0.2, 0) is 6.54 Å². The maximum Gasteiger partial charge on any atom is 0.404 e. The first kappa shape index (κ1) is 14.6. The molecular formula is C15H15FN2O3. The fourth-order valence-electron chi connectivity index (χ4n) is 1.82. The van der Waals surface area contributed by atoms with Crippen molar-refractivity contribution in [3.8, 4) is 11.5 Å². The van der Waals surface area contributed by atoms with Crippen molar-refractivity contribution in [2.24, 2.45) is 0 Å². The minimum atomic E-state index is -1.13. The van der Waals surface area contributed by atoms with Crippen LogP contribution < -0.4 is 15.8 Å². The summed E-state index contributed by atoms with van der Waals surface area (Å²) in [7, 11) is 0. The molecule has 0 fully saturated rings. The summed E-state index contributed by atoms with van der Waals surface area (Å²) in [6.45, 7) is 1.82. The number of carboxylic acid groups (broad SMARTS) is 1. The van der Waals surface area contributed by atoms with Crippen molar-refractivity contribution in [1.29, 1.82) is 0 Å². The molecule has 4 N–H and O–H groups in total. The van der Waals surface area contributed by atoms with Crippen LogP contribution in [0, 0.1) is 12.7 Å². The molecule has 0 unspecified atom stereocenters. The fourth-order valence-corrected chi connectivity index (χ4v) is 1.82. The third-order valence-corrected chi connectivity index (χ3v) is 2.91. The van der Waals surface area contributed by atoms with Crippen molar-refractivity contribution in [1.82, 2.24) is 5.32 Å². The monoisotopic (exact) mass is 290 g/mol. The molecule has 5 nitrogen and oxygen atoms in total. The van der Waals surface area contributed by atoms with E-state index in [0.717, 1.165) is 0 Å². The van der Waals surface area contributed by atoms with E-state index in [1.54, 1.807) is 25.1 Å². The minimum Gasteiger partial charge on any atom is -0.465 e. The van der Waals surface area contributed by atoms with Crippen molar-refractivity contribution < 1.29 is 19.0 Å². The number of carbonyl (C=O) groups is 1. The summed E-state index contributed by atoms with van der Waals surface area (Å²) < 4.78 is 18.7. The fraction of sp³-hybridized carbons (Fsp3) is 0.133. The van der Waals surface area contributed by atoms with Gasteiger partial charge in [-0.2, -0.15) is 0 Å². The van der Waals surface area contributed by atoms with Gasteiger partial charge >= 0.3 is 6.09 Å². The number of hydrogen-bond donors (Lipinski definition) is 3. The van der Waals surface area contributed by atoms with Gasteiger partial charge in [0, 0.05) is 12.2 Å². The van der Waals surface area contributed by atoms with Crippen LogP contribution in [0.1, 0.15) is 11.1 Å². The van der Waals surface area contributed by atoms with Gasteiger partial charge in [0.2, 0.25) is 0 Å². The van der Waals surface area contributed by atoms with Crippen molar-refractivity contribution in [2.45, 2.75) is 13.5 Å². The Labute approximate surface area is 121 Å². The molecule has 1 amide bonds. The standard InChI is InChI=1S/C15H15FN2O3/c1-9-6-11(16)2-5-14(9)21-12-3-4-13(17)10(7-12)8-18-15(19)20/h2-7,18H,8,17H2,1H3,(H,19,20). The Bertz CT molecular complexity index is 674. The van der Waals surface area contributed by atoms with Crippen LogP contribution in [0.15, 0.2) is 36.4 Å². The first-order chi connectivity index (χ1) is 9.95. The van der Waals surface area contributed by atoms with Crippen molar-refractivity contribution in [3.63, 3.8) is 0 Å². The van der Waals surface area contributed by atoms with Gasteiger partial charge in [-0.1, -0.05) is 0 Å². The summed E-state index contributed by atoms with van der Waals surface area (Å²) in [4.78, 5) is 10.5. The number of nitrogens with one attached hydrogen (secondary N) is 1. The molecule has 2 rings (SSSR count). The summed E-state index contributed by atoms with van der Waals surface area (Å²) in [5, 5.41) is 10.9.